The van der Waals surface area contributed by atoms with Gasteiger partial charge in [-0.3, -0.25) is 14.9 Å². The van der Waals surface area contributed by atoms with Gasteiger partial charge in [-0.1, -0.05) is 0 Å². The molecule has 0 unspecified atom stereocenters. The van der Waals surface area contributed by atoms with Crippen molar-refractivity contribution in [1.82, 2.24) is 4.98 Å². The van der Waals surface area contributed by atoms with Crippen molar-refractivity contribution >= 4 is 22.5 Å². The van der Waals surface area contributed by atoms with Gasteiger partial charge < -0.3 is 4.74 Å². The zero-order chi connectivity index (χ0) is 16.6. The van der Waals surface area contributed by atoms with Gasteiger partial charge in [0.1, 0.15) is 0 Å². The van der Waals surface area contributed by atoms with Crippen molar-refractivity contribution in [1.29, 1.82) is 0 Å². The SMILES string of the molecule is O=C(Cl)c1ncc(OC(F)(F)F)c(C(F)(F)F)c1[N+](=O)[O-]. The van der Waals surface area contributed by atoms with Gasteiger partial charge in [0.15, 0.2) is 11.3 Å². The van der Waals surface area contributed by atoms with Crippen molar-refractivity contribution in [3.05, 3.63) is 27.6 Å². The molecule has 0 bridgehead atoms. The van der Waals surface area contributed by atoms with Crippen LogP contribution in [0.4, 0.5) is 32.0 Å². The number of halogens is 7. The Morgan fingerprint density at radius 2 is 1.81 bits per heavy atom. The molecule has 0 aliphatic heterocycles. The van der Waals surface area contributed by atoms with E-state index in [0.717, 1.165) is 0 Å². The third kappa shape index (κ3) is 3.93. The highest BCUT2D eigenvalue weighted by Crippen LogP contribution is 2.44. The number of ether oxygens (including phenoxy) is 1. The summed E-state index contributed by atoms with van der Waals surface area (Å²) in [6.45, 7) is 0. The summed E-state index contributed by atoms with van der Waals surface area (Å²) in [6, 6.07) is 0. The molecule has 116 valence electrons. The van der Waals surface area contributed by atoms with Crippen molar-refractivity contribution in [2.45, 2.75) is 12.5 Å². The Morgan fingerprint density at radius 3 is 2.14 bits per heavy atom. The molecule has 0 N–H and O–H groups in total. The van der Waals surface area contributed by atoms with Crippen LogP contribution in [0.25, 0.3) is 0 Å². The molecule has 0 saturated carbocycles. The van der Waals surface area contributed by atoms with Gasteiger partial charge in [-0.15, -0.1) is 13.2 Å². The van der Waals surface area contributed by atoms with Gasteiger partial charge in [0.25, 0.3) is 5.24 Å². The molecule has 0 aliphatic rings. The Hall–Kier alpha value is -2.11. The third-order valence-corrected chi connectivity index (χ3v) is 2.08. The van der Waals surface area contributed by atoms with Crippen molar-refractivity contribution in [3.8, 4) is 5.75 Å². The van der Waals surface area contributed by atoms with Crippen molar-refractivity contribution < 1.29 is 40.8 Å². The van der Waals surface area contributed by atoms with E-state index in [-0.39, 0.29) is 6.20 Å². The van der Waals surface area contributed by atoms with Crippen LogP contribution in [-0.2, 0) is 6.18 Å². The molecular formula is C8HClF6N2O4. The number of rotatable bonds is 3. The molecule has 0 aromatic carbocycles. The van der Waals surface area contributed by atoms with Gasteiger partial charge in [-0.05, 0) is 11.6 Å². The minimum absolute atomic E-state index is 0.126. The lowest BCUT2D eigenvalue weighted by Crippen LogP contribution is -2.22. The van der Waals surface area contributed by atoms with E-state index in [4.69, 9.17) is 11.6 Å². The summed E-state index contributed by atoms with van der Waals surface area (Å²) in [5, 5.41) is 8.88. The third-order valence-electron chi connectivity index (χ3n) is 1.90. The largest absolute Gasteiger partial charge is 0.573 e. The fourth-order valence-electron chi connectivity index (χ4n) is 1.28. The van der Waals surface area contributed by atoms with Crippen LogP contribution >= 0.6 is 11.6 Å². The first-order chi connectivity index (χ1) is 9.34. The normalized spacial score (nSPS) is 12.1. The van der Waals surface area contributed by atoms with Gasteiger partial charge in [0.05, 0.1) is 11.1 Å². The summed E-state index contributed by atoms with van der Waals surface area (Å²) in [5.74, 6) is -1.97. The van der Waals surface area contributed by atoms with E-state index >= 15 is 0 Å². The van der Waals surface area contributed by atoms with Crippen molar-refractivity contribution in [3.63, 3.8) is 0 Å². The Balaban J connectivity index is 3.73. The maximum atomic E-state index is 12.8. The summed E-state index contributed by atoms with van der Waals surface area (Å²) in [6.07, 6.45) is -11.3. The fourth-order valence-corrected chi connectivity index (χ4v) is 1.42. The second-order valence-electron chi connectivity index (χ2n) is 3.27. The summed E-state index contributed by atoms with van der Waals surface area (Å²) in [5.41, 5.74) is -5.89. The average molecular weight is 339 g/mol. The van der Waals surface area contributed by atoms with Crippen LogP contribution in [0.1, 0.15) is 16.1 Å². The molecule has 13 heteroatoms. The minimum Gasteiger partial charge on any atom is -0.403 e. The molecule has 21 heavy (non-hydrogen) atoms. The van der Waals surface area contributed by atoms with Crippen molar-refractivity contribution in [2.24, 2.45) is 0 Å². The lowest BCUT2D eigenvalue weighted by molar-refractivity contribution is -0.388. The zero-order valence-corrected chi connectivity index (χ0v) is 10.0. The molecule has 1 aromatic heterocycles. The highest BCUT2D eigenvalue weighted by Gasteiger charge is 2.47. The van der Waals surface area contributed by atoms with Crippen LogP contribution in [0.15, 0.2) is 6.20 Å². The quantitative estimate of drug-likeness (QED) is 0.365. The molecule has 1 aromatic rings. The van der Waals surface area contributed by atoms with Gasteiger partial charge >= 0.3 is 18.2 Å². The Kier molecular flexibility index (Phi) is 4.32. The van der Waals surface area contributed by atoms with E-state index in [1.165, 1.54) is 0 Å². The summed E-state index contributed by atoms with van der Waals surface area (Å²) in [7, 11) is 0. The number of aromatic nitrogens is 1. The Labute approximate surface area is 115 Å². The number of nitro groups is 1. The molecular weight excluding hydrogens is 338 g/mol. The van der Waals surface area contributed by atoms with E-state index < -0.39 is 45.4 Å². The van der Waals surface area contributed by atoms with Crippen LogP contribution in [0, 0.1) is 10.1 Å². The standard InChI is InChI=1S/C8HClF6N2O4/c9-6(18)4-5(17(19)20)3(7(10,11)12)2(1-16-4)21-8(13,14)15/h1H. The molecule has 6 nitrogen and oxygen atoms in total. The monoisotopic (exact) mass is 338 g/mol. The number of pyridine rings is 1. The van der Waals surface area contributed by atoms with Gasteiger partial charge in [-0.25, -0.2) is 4.98 Å². The maximum Gasteiger partial charge on any atom is 0.573 e. The van der Waals surface area contributed by atoms with Crippen LogP contribution in [-0.4, -0.2) is 21.5 Å². The molecule has 1 rings (SSSR count). The second kappa shape index (κ2) is 5.35. The summed E-state index contributed by atoms with van der Waals surface area (Å²) < 4.78 is 77.4. The van der Waals surface area contributed by atoms with Crippen LogP contribution < -0.4 is 4.74 Å². The average Bonchev–Trinajstić information content (AvgIpc) is 2.23. The van der Waals surface area contributed by atoms with E-state index in [1.54, 1.807) is 0 Å². The first-order valence-electron chi connectivity index (χ1n) is 4.54. The molecule has 0 atom stereocenters. The predicted molar refractivity (Wildman–Crippen MR) is 52.8 cm³/mol. The van der Waals surface area contributed by atoms with E-state index in [0.29, 0.717) is 0 Å². The summed E-state index contributed by atoms with van der Waals surface area (Å²) in [4.78, 5) is 22.5. The molecule has 0 aliphatic carbocycles. The second-order valence-corrected chi connectivity index (χ2v) is 3.61. The van der Waals surface area contributed by atoms with Crippen LogP contribution in [0.5, 0.6) is 5.75 Å². The zero-order valence-electron chi connectivity index (χ0n) is 9.25. The van der Waals surface area contributed by atoms with Gasteiger partial charge in [-0.2, -0.15) is 13.2 Å². The molecule has 0 radical (unpaired) electrons. The number of carbonyl (C=O) groups excluding carboxylic acids is 1. The van der Waals surface area contributed by atoms with Crippen molar-refractivity contribution in [2.75, 3.05) is 0 Å². The molecule has 0 amide bonds. The predicted octanol–water partition coefficient (Wildman–Crippen LogP) is 3.29. The van der Waals surface area contributed by atoms with E-state index in [1.807, 2.05) is 0 Å². The molecule has 0 spiro atoms. The number of hydrogen-bond acceptors (Lipinski definition) is 5. The number of carbonyl (C=O) groups is 1. The van der Waals surface area contributed by atoms with E-state index in [9.17, 15) is 41.3 Å². The lowest BCUT2D eigenvalue weighted by atomic mass is 10.1. The molecule has 1 heterocycles. The maximum absolute atomic E-state index is 12.8. The van der Waals surface area contributed by atoms with Crippen LogP contribution in [0.2, 0.25) is 0 Å². The van der Waals surface area contributed by atoms with Gasteiger partial charge in [0.2, 0.25) is 5.69 Å². The minimum atomic E-state index is -5.62. The first kappa shape index (κ1) is 16.9. The number of nitrogens with zero attached hydrogens (tertiary/aromatic N) is 2. The molecule has 0 saturated heterocycles. The number of hydrogen-bond donors (Lipinski definition) is 0. The highest BCUT2D eigenvalue weighted by molar-refractivity contribution is 6.67. The first-order valence-corrected chi connectivity index (χ1v) is 4.92. The number of alkyl halides is 6. The topological polar surface area (TPSA) is 82.3 Å². The van der Waals surface area contributed by atoms with Gasteiger partial charge in [0, 0.05) is 0 Å². The van der Waals surface area contributed by atoms with Crippen LogP contribution in [0.3, 0.4) is 0 Å². The fraction of sp³-hybridized carbons (Fsp3) is 0.250. The molecule has 0 fully saturated rings. The lowest BCUT2D eigenvalue weighted by Gasteiger charge is -2.15. The highest BCUT2D eigenvalue weighted by atomic mass is 35.5. The summed E-state index contributed by atoms with van der Waals surface area (Å²) >= 11 is 4.82. The van der Waals surface area contributed by atoms with E-state index in [2.05, 4.69) is 9.72 Å². The smallest absolute Gasteiger partial charge is 0.403 e. The Morgan fingerprint density at radius 1 is 1.29 bits per heavy atom. The Bertz CT molecular complexity index is 600.